The summed E-state index contributed by atoms with van der Waals surface area (Å²) in [5, 5.41) is 3.64. The van der Waals surface area contributed by atoms with Crippen LogP contribution in [-0.2, 0) is 0 Å². The zero-order valence-electron chi connectivity index (χ0n) is 9.58. The Balaban J connectivity index is 1.87. The Kier molecular flexibility index (Phi) is 4.74. The molecule has 1 heterocycles. The van der Waals surface area contributed by atoms with E-state index >= 15 is 0 Å². The molecule has 1 N–H and O–H groups in total. The summed E-state index contributed by atoms with van der Waals surface area (Å²) in [7, 11) is 0. The minimum absolute atomic E-state index is 0.432. The van der Waals surface area contributed by atoms with Crippen molar-refractivity contribution in [3.8, 4) is 0 Å². The van der Waals surface area contributed by atoms with Crippen molar-refractivity contribution in [2.45, 2.75) is 19.4 Å². The number of nitrogens with one attached hydrogen (secondary N) is 1. The van der Waals surface area contributed by atoms with Gasteiger partial charge >= 0.3 is 0 Å². The topological polar surface area (TPSA) is 12.0 Å². The van der Waals surface area contributed by atoms with E-state index in [0.29, 0.717) is 6.04 Å². The first-order valence-electron chi connectivity index (χ1n) is 5.83. The summed E-state index contributed by atoms with van der Waals surface area (Å²) in [5.41, 5.74) is 1.35. The Morgan fingerprint density at radius 3 is 3.00 bits per heavy atom. The maximum Gasteiger partial charge on any atom is 0.0303 e. The Morgan fingerprint density at radius 2 is 2.31 bits per heavy atom. The standard InChI is InChI=1S/C13H18BrNS/c1-10(12-4-2-3-5-13(12)14)15-8-11-6-7-16-9-11/h2-5,10-11,15H,6-9H2,1H3/t10-,11?/m1/s1. The van der Waals surface area contributed by atoms with E-state index in [-0.39, 0.29) is 0 Å². The lowest BCUT2D eigenvalue weighted by atomic mass is 10.1. The summed E-state index contributed by atoms with van der Waals surface area (Å²) >= 11 is 5.69. The maximum absolute atomic E-state index is 3.64. The monoisotopic (exact) mass is 299 g/mol. The van der Waals surface area contributed by atoms with E-state index in [4.69, 9.17) is 0 Å². The van der Waals surface area contributed by atoms with Crippen LogP contribution < -0.4 is 5.32 Å². The van der Waals surface area contributed by atoms with Gasteiger partial charge in [0.1, 0.15) is 0 Å². The average Bonchev–Trinajstić information content (AvgIpc) is 2.79. The maximum atomic E-state index is 3.64. The smallest absolute Gasteiger partial charge is 0.0303 e. The summed E-state index contributed by atoms with van der Waals surface area (Å²) in [6.07, 6.45) is 1.38. The number of thioether (sulfide) groups is 1. The molecule has 0 aromatic heterocycles. The van der Waals surface area contributed by atoms with Crippen LogP contribution in [0.5, 0.6) is 0 Å². The van der Waals surface area contributed by atoms with Crippen molar-refractivity contribution < 1.29 is 0 Å². The van der Waals surface area contributed by atoms with Crippen molar-refractivity contribution in [2.24, 2.45) is 5.92 Å². The fraction of sp³-hybridized carbons (Fsp3) is 0.538. The molecular formula is C13H18BrNS. The summed E-state index contributed by atoms with van der Waals surface area (Å²) in [4.78, 5) is 0. The quantitative estimate of drug-likeness (QED) is 0.906. The van der Waals surface area contributed by atoms with Gasteiger partial charge in [0.05, 0.1) is 0 Å². The minimum Gasteiger partial charge on any atom is -0.310 e. The number of rotatable bonds is 4. The molecule has 1 nitrogen and oxygen atoms in total. The zero-order chi connectivity index (χ0) is 11.4. The Morgan fingerprint density at radius 1 is 1.50 bits per heavy atom. The van der Waals surface area contributed by atoms with Crippen LogP contribution in [0.25, 0.3) is 0 Å². The highest BCUT2D eigenvalue weighted by molar-refractivity contribution is 9.10. The number of hydrogen-bond acceptors (Lipinski definition) is 2. The molecule has 2 atom stereocenters. The highest BCUT2D eigenvalue weighted by Crippen LogP contribution is 2.25. The van der Waals surface area contributed by atoms with Crippen LogP contribution in [0.1, 0.15) is 24.9 Å². The van der Waals surface area contributed by atoms with Gasteiger partial charge in [-0.15, -0.1) is 0 Å². The molecule has 1 aliphatic heterocycles. The second kappa shape index (κ2) is 6.08. The molecule has 0 saturated carbocycles. The summed E-state index contributed by atoms with van der Waals surface area (Å²) < 4.78 is 1.20. The molecule has 0 bridgehead atoms. The molecule has 0 aliphatic carbocycles. The molecule has 1 aliphatic rings. The first-order chi connectivity index (χ1) is 7.77. The van der Waals surface area contributed by atoms with Crippen LogP contribution in [0.2, 0.25) is 0 Å². The van der Waals surface area contributed by atoms with Gasteiger partial charge in [-0.1, -0.05) is 34.1 Å². The molecule has 1 aromatic rings. The molecule has 0 amide bonds. The van der Waals surface area contributed by atoms with Gasteiger partial charge in [0.15, 0.2) is 0 Å². The average molecular weight is 300 g/mol. The van der Waals surface area contributed by atoms with Crippen molar-refractivity contribution in [2.75, 3.05) is 18.1 Å². The van der Waals surface area contributed by atoms with Crippen molar-refractivity contribution in [3.05, 3.63) is 34.3 Å². The van der Waals surface area contributed by atoms with Crippen molar-refractivity contribution in [1.82, 2.24) is 5.32 Å². The largest absolute Gasteiger partial charge is 0.310 e. The van der Waals surface area contributed by atoms with Crippen LogP contribution in [0.4, 0.5) is 0 Å². The van der Waals surface area contributed by atoms with Gasteiger partial charge in [0, 0.05) is 10.5 Å². The first-order valence-corrected chi connectivity index (χ1v) is 7.77. The highest BCUT2D eigenvalue weighted by atomic mass is 79.9. The normalized spacial score (nSPS) is 22.2. The highest BCUT2D eigenvalue weighted by Gasteiger charge is 2.16. The summed E-state index contributed by atoms with van der Waals surface area (Å²) in [5.74, 6) is 3.54. The van der Waals surface area contributed by atoms with Crippen molar-refractivity contribution in [3.63, 3.8) is 0 Å². The van der Waals surface area contributed by atoms with E-state index in [1.165, 1.54) is 28.0 Å². The number of halogens is 1. The Hall–Kier alpha value is 0.01000. The van der Waals surface area contributed by atoms with Gasteiger partial charge in [-0.2, -0.15) is 11.8 Å². The lowest BCUT2D eigenvalue weighted by molar-refractivity contribution is 0.477. The van der Waals surface area contributed by atoms with E-state index in [1.54, 1.807) is 0 Å². The second-order valence-corrected chi connectivity index (χ2v) is 6.39. The van der Waals surface area contributed by atoms with Gasteiger partial charge in [0.25, 0.3) is 0 Å². The van der Waals surface area contributed by atoms with Crippen LogP contribution >= 0.6 is 27.7 Å². The molecule has 0 spiro atoms. The minimum atomic E-state index is 0.432. The molecule has 1 unspecified atom stereocenters. The predicted octanol–water partition coefficient (Wildman–Crippen LogP) is 3.85. The van der Waals surface area contributed by atoms with E-state index in [1.807, 2.05) is 0 Å². The number of hydrogen-bond donors (Lipinski definition) is 1. The molecule has 88 valence electrons. The molecule has 1 aromatic carbocycles. The first kappa shape index (κ1) is 12.5. The second-order valence-electron chi connectivity index (χ2n) is 4.38. The molecule has 0 radical (unpaired) electrons. The summed E-state index contributed by atoms with van der Waals surface area (Å²) in [6.45, 7) is 3.39. The van der Waals surface area contributed by atoms with Gasteiger partial charge < -0.3 is 5.32 Å². The van der Waals surface area contributed by atoms with Crippen LogP contribution in [-0.4, -0.2) is 18.1 Å². The SMILES string of the molecule is C[C@@H](NCC1CCSC1)c1ccccc1Br. The lowest BCUT2D eigenvalue weighted by Gasteiger charge is -2.18. The fourth-order valence-corrected chi connectivity index (χ4v) is 3.94. The Labute approximate surface area is 111 Å². The van der Waals surface area contributed by atoms with E-state index in [0.717, 1.165) is 12.5 Å². The third kappa shape index (κ3) is 3.25. The van der Waals surface area contributed by atoms with Crippen LogP contribution in [0.15, 0.2) is 28.7 Å². The zero-order valence-corrected chi connectivity index (χ0v) is 12.0. The molecule has 1 saturated heterocycles. The molecule has 2 rings (SSSR count). The van der Waals surface area contributed by atoms with Gasteiger partial charge in [0.2, 0.25) is 0 Å². The fourth-order valence-electron chi connectivity index (χ4n) is 2.02. The Bertz CT molecular complexity index is 336. The van der Waals surface area contributed by atoms with E-state index in [2.05, 4.69) is 64.2 Å². The molecule has 1 fully saturated rings. The van der Waals surface area contributed by atoms with Gasteiger partial charge in [-0.3, -0.25) is 0 Å². The number of benzene rings is 1. The van der Waals surface area contributed by atoms with Gasteiger partial charge in [-0.25, -0.2) is 0 Å². The van der Waals surface area contributed by atoms with E-state index < -0.39 is 0 Å². The van der Waals surface area contributed by atoms with Crippen molar-refractivity contribution >= 4 is 27.7 Å². The van der Waals surface area contributed by atoms with Crippen LogP contribution in [0.3, 0.4) is 0 Å². The van der Waals surface area contributed by atoms with Gasteiger partial charge in [-0.05, 0) is 48.9 Å². The third-order valence-corrected chi connectivity index (χ3v) is 5.06. The lowest BCUT2D eigenvalue weighted by Crippen LogP contribution is -2.25. The van der Waals surface area contributed by atoms with E-state index in [9.17, 15) is 0 Å². The molecule has 16 heavy (non-hydrogen) atoms. The van der Waals surface area contributed by atoms with Crippen molar-refractivity contribution in [1.29, 1.82) is 0 Å². The summed E-state index contributed by atoms with van der Waals surface area (Å²) in [6, 6.07) is 8.89. The molecule has 3 heteroatoms. The third-order valence-electron chi connectivity index (χ3n) is 3.11. The predicted molar refractivity (Wildman–Crippen MR) is 76.0 cm³/mol. The van der Waals surface area contributed by atoms with Crippen LogP contribution in [0, 0.1) is 5.92 Å². The molecular weight excluding hydrogens is 282 g/mol.